The van der Waals surface area contributed by atoms with Crippen molar-refractivity contribution in [3.05, 3.63) is 33.4 Å². The van der Waals surface area contributed by atoms with Gasteiger partial charge in [-0.25, -0.2) is 9.50 Å². The van der Waals surface area contributed by atoms with Gasteiger partial charge in [0.2, 0.25) is 0 Å². The van der Waals surface area contributed by atoms with E-state index < -0.39 is 0 Å². The van der Waals surface area contributed by atoms with Gasteiger partial charge in [-0.1, -0.05) is 6.92 Å². The van der Waals surface area contributed by atoms with Crippen molar-refractivity contribution in [2.24, 2.45) is 5.92 Å². The molecule has 6 nitrogen and oxygen atoms in total. The molecule has 1 N–H and O–H groups in total. The van der Waals surface area contributed by atoms with E-state index in [1.807, 2.05) is 6.92 Å². The van der Waals surface area contributed by atoms with Gasteiger partial charge in [-0.05, 0) is 31.6 Å². The van der Waals surface area contributed by atoms with Crippen molar-refractivity contribution >= 4 is 5.65 Å². The Hall–Kier alpha value is -2.13. The van der Waals surface area contributed by atoms with Crippen molar-refractivity contribution in [1.29, 1.82) is 5.26 Å². The minimum Gasteiger partial charge on any atom is -0.381 e. The fourth-order valence-corrected chi connectivity index (χ4v) is 2.92. The van der Waals surface area contributed by atoms with Crippen LogP contribution in [0.2, 0.25) is 0 Å². The van der Waals surface area contributed by atoms with Gasteiger partial charge in [0.25, 0.3) is 5.56 Å². The van der Waals surface area contributed by atoms with Gasteiger partial charge in [0, 0.05) is 25.0 Å². The predicted octanol–water partition coefficient (Wildman–Crippen LogP) is 1.43. The number of ether oxygens (including phenoxy) is 1. The topological polar surface area (TPSA) is 83.2 Å². The third kappa shape index (κ3) is 2.45. The first kappa shape index (κ1) is 13.8. The molecule has 2 aromatic rings. The molecule has 0 amide bonds. The van der Waals surface area contributed by atoms with Crippen molar-refractivity contribution in [2.75, 3.05) is 13.2 Å². The van der Waals surface area contributed by atoms with Crippen LogP contribution in [0.1, 0.15) is 36.6 Å². The zero-order chi connectivity index (χ0) is 14.8. The molecule has 2 aromatic heterocycles. The van der Waals surface area contributed by atoms with E-state index in [1.54, 1.807) is 0 Å². The predicted molar refractivity (Wildman–Crippen MR) is 77.2 cm³/mol. The Kier molecular flexibility index (Phi) is 3.76. The first-order chi connectivity index (χ1) is 10.2. The van der Waals surface area contributed by atoms with Crippen LogP contribution >= 0.6 is 0 Å². The van der Waals surface area contributed by atoms with Gasteiger partial charge in [0.1, 0.15) is 11.6 Å². The second-order valence-electron chi connectivity index (χ2n) is 5.41. The number of rotatable bonds is 3. The maximum atomic E-state index is 12.5. The molecule has 0 aromatic carbocycles. The van der Waals surface area contributed by atoms with E-state index in [4.69, 9.17) is 10.00 Å². The molecule has 3 heterocycles. The Morgan fingerprint density at radius 1 is 1.52 bits per heavy atom. The van der Waals surface area contributed by atoms with E-state index >= 15 is 0 Å². The molecule has 1 saturated heterocycles. The number of hydrogen-bond donors (Lipinski definition) is 1. The molecule has 0 atom stereocenters. The van der Waals surface area contributed by atoms with Crippen LogP contribution in [0, 0.1) is 17.2 Å². The first-order valence-electron chi connectivity index (χ1n) is 7.34. The van der Waals surface area contributed by atoms with Crippen LogP contribution in [-0.4, -0.2) is 27.8 Å². The number of hydrogen-bond acceptors (Lipinski definition) is 4. The summed E-state index contributed by atoms with van der Waals surface area (Å²) in [4.78, 5) is 17.1. The largest absolute Gasteiger partial charge is 0.381 e. The van der Waals surface area contributed by atoms with Crippen LogP contribution in [-0.2, 0) is 17.6 Å². The van der Waals surface area contributed by atoms with Gasteiger partial charge >= 0.3 is 0 Å². The standard InChI is InChI=1S/C15H18N4O2/c1-2-12-13(7-10-3-5-21-6-4-10)18-14-11(8-16)9-17-19(14)15(12)20/h9-10,17H,2-7H2,1H3. The summed E-state index contributed by atoms with van der Waals surface area (Å²) in [7, 11) is 0. The molecule has 0 bridgehead atoms. The first-order valence-corrected chi connectivity index (χ1v) is 7.34. The summed E-state index contributed by atoms with van der Waals surface area (Å²) in [6, 6.07) is 2.07. The van der Waals surface area contributed by atoms with E-state index in [0.29, 0.717) is 23.5 Å². The Labute approximate surface area is 122 Å². The van der Waals surface area contributed by atoms with E-state index in [9.17, 15) is 4.79 Å². The van der Waals surface area contributed by atoms with Crippen molar-refractivity contribution in [3.8, 4) is 6.07 Å². The molecular weight excluding hydrogens is 268 g/mol. The van der Waals surface area contributed by atoms with E-state index in [2.05, 4.69) is 16.2 Å². The fraction of sp³-hybridized carbons (Fsp3) is 0.533. The number of nitriles is 1. The molecule has 0 saturated carbocycles. The van der Waals surface area contributed by atoms with E-state index in [1.165, 1.54) is 10.7 Å². The Morgan fingerprint density at radius 3 is 2.95 bits per heavy atom. The minimum atomic E-state index is -0.0916. The normalized spacial score (nSPS) is 16.2. The Bertz CT molecular complexity index is 747. The number of aromatic amines is 1. The third-order valence-corrected chi connectivity index (χ3v) is 4.14. The second-order valence-corrected chi connectivity index (χ2v) is 5.41. The van der Waals surface area contributed by atoms with Crippen molar-refractivity contribution < 1.29 is 4.74 Å². The number of nitrogens with zero attached hydrogens (tertiary/aromatic N) is 3. The molecule has 0 spiro atoms. The Morgan fingerprint density at radius 2 is 2.29 bits per heavy atom. The van der Waals surface area contributed by atoms with Crippen LogP contribution in [0.4, 0.5) is 0 Å². The highest BCUT2D eigenvalue weighted by atomic mass is 16.5. The zero-order valence-electron chi connectivity index (χ0n) is 12.1. The molecule has 110 valence electrons. The minimum absolute atomic E-state index is 0.0916. The second kappa shape index (κ2) is 5.70. The number of nitrogens with one attached hydrogen (secondary N) is 1. The molecule has 0 aliphatic carbocycles. The monoisotopic (exact) mass is 286 g/mol. The molecule has 6 heteroatoms. The lowest BCUT2D eigenvalue weighted by atomic mass is 9.93. The average molecular weight is 286 g/mol. The van der Waals surface area contributed by atoms with Crippen LogP contribution in [0.15, 0.2) is 11.0 Å². The molecule has 1 fully saturated rings. The fourth-order valence-electron chi connectivity index (χ4n) is 2.92. The lowest BCUT2D eigenvalue weighted by molar-refractivity contribution is 0.0662. The van der Waals surface area contributed by atoms with Gasteiger partial charge in [-0.3, -0.25) is 9.89 Å². The van der Waals surface area contributed by atoms with E-state index in [-0.39, 0.29) is 5.56 Å². The molecule has 0 unspecified atom stereocenters. The quantitative estimate of drug-likeness (QED) is 0.925. The third-order valence-electron chi connectivity index (χ3n) is 4.14. The molecule has 0 radical (unpaired) electrons. The highest BCUT2D eigenvalue weighted by Gasteiger charge is 2.20. The van der Waals surface area contributed by atoms with Crippen molar-refractivity contribution in [3.63, 3.8) is 0 Å². The summed E-state index contributed by atoms with van der Waals surface area (Å²) in [5.41, 5.74) is 2.33. The van der Waals surface area contributed by atoms with Gasteiger partial charge in [0.05, 0.1) is 5.69 Å². The molecule has 1 aliphatic rings. The summed E-state index contributed by atoms with van der Waals surface area (Å²) in [6.45, 7) is 3.52. The summed E-state index contributed by atoms with van der Waals surface area (Å²) >= 11 is 0. The van der Waals surface area contributed by atoms with Crippen molar-refractivity contribution in [1.82, 2.24) is 14.6 Å². The van der Waals surface area contributed by atoms with Gasteiger partial charge in [0.15, 0.2) is 5.65 Å². The highest BCUT2D eigenvalue weighted by Crippen LogP contribution is 2.21. The lowest BCUT2D eigenvalue weighted by Crippen LogP contribution is -2.25. The highest BCUT2D eigenvalue weighted by molar-refractivity contribution is 5.54. The van der Waals surface area contributed by atoms with Crippen LogP contribution in [0.25, 0.3) is 5.65 Å². The lowest BCUT2D eigenvalue weighted by Gasteiger charge is -2.22. The maximum absolute atomic E-state index is 12.5. The van der Waals surface area contributed by atoms with Crippen LogP contribution < -0.4 is 5.56 Å². The number of H-pyrrole nitrogens is 1. The van der Waals surface area contributed by atoms with Crippen LogP contribution in [0.3, 0.4) is 0 Å². The summed E-state index contributed by atoms with van der Waals surface area (Å²) in [5, 5.41) is 11.9. The van der Waals surface area contributed by atoms with Crippen LogP contribution in [0.5, 0.6) is 0 Å². The molecule has 3 rings (SSSR count). The summed E-state index contributed by atoms with van der Waals surface area (Å²) < 4.78 is 6.74. The number of fused-ring (bicyclic) bond motifs is 1. The molecular formula is C15H18N4O2. The summed E-state index contributed by atoms with van der Waals surface area (Å²) in [5.74, 6) is 0.503. The Balaban J connectivity index is 2.07. The van der Waals surface area contributed by atoms with E-state index in [0.717, 1.165) is 43.7 Å². The van der Waals surface area contributed by atoms with Gasteiger partial charge < -0.3 is 4.74 Å². The summed E-state index contributed by atoms with van der Waals surface area (Å²) in [6.07, 6.45) is 4.97. The maximum Gasteiger partial charge on any atom is 0.276 e. The molecule has 1 aliphatic heterocycles. The van der Waals surface area contributed by atoms with Crippen molar-refractivity contribution in [2.45, 2.75) is 32.6 Å². The van der Waals surface area contributed by atoms with Gasteiger partial charge in [-0.2, -0.15) is 5.26 Å². The zero-order valence-corrected chi connectivity index (χ0v) is 12.1. The molecule has 21 heavy (non-hydrogen) atoms. The average Bonchev–Trinajstić information content (AvgIpc) is 2.92. The number of aromatic nitrogens is 3. The smallest absolute Gasteiger partial charge is 0.276 e. The van der Waals surface area contributed by atoms with Gasteiger partial charge in [-0.15, -0.1) is 0 Å². The SMILES string of the molecule is CCc1c(CC2CCOCC2)nc2c(C#N)c[nH]n2c1=O.